The Kier molecular flexibility index (Phi) is 6.71. The molecule has 0 atom stereocenters. The molecule has 0 saturated carbocycles. The van der Waals surface area contributed by atoms with Gasteiger partial charge in [-0.3, -0.25) is 9.10 Å². The third-order valence-corrected chi connectivity index (χ3v) is 6.73. The van der Waals surface area contributed by atoms with Crippen molar-refractivity contribution in [1.82, 2.24) is 5.32 Å². The van der Waals surface area contributed by atoms with Crippen molar-refractivity contribution < 1.29 is 13.2 Å². The van der Waals surface area contributed by atoms with Crippen LogP contribution in [0, 0.1) is 6.92 Å². The molecule has 0 bridgehead atoms. The second-order valence-electron chi connectivity index (χ2n) is 6.51. The van der Waals surface area contributed by atoms with Crippen molar-refractivity contribution >= 4 is 37.5 Å². The monoisotopic (exact) mass is 472 g/mol. The zero-order valence-corrected chi connectivity index (χ0v) is 18.3. The van der Waals surface area contributed by atoms with Crippen molar-refractivity contribution in [2.45, 2.75) is 18.4 Å². The fourth-order valence-electron chi connectivity index (χ4n) is 2.85. The Morgan fingerprint density at radius 1 is 0.966 bits per heavy atom. The number of carbonyl (C=O) groups excluding carboxylic acids is 1. The third kappa shape index (κ3) is 5.25. The van der Waals surface area contributed by atoms with E-state index in [1.165, 1.54) is 12.1 Å². The fraction of sp³-hybridized carbons (Fsp3) is 0.136. The van der Waals surface area contributed by atoms with Gasteiger partial charge in [0.05, 0.1) is 10.6 Å². The van der Waals surface area contributed by atoms with Gasteiger partial charge in [0, 0.05) is 11.0 Å². The summed E-state index contributed by atoms with van der Waals surface area (Å²) in [7, 11) is -3.91. The number of nitrogens with one attached hydrogen (secondary N) is 1. The van der Waals surface area contributed by atoms with Crippen LogP contribution in [0.1, 0.15) is 11.1 Å². The predicted molar refractivity (Wildman–Crippen MR) is 118 cm³/mol. The normalized spacial score (nSPS) is 11.1. The van der Waals surface area contributed by atoms with E-state index < -0.39 is 10.0 Å². The molecular formula is C22H21BrN2O3S. The van der Waals surface area contributed by atoms with Gasteiger partial charge in [0.2, 0.25) is 5.91 Å². The van der Waals surface area contributed by atoms with E-state index in [0.29, 0.717) is 12.2 Å². The van der Waals surface area contributed by atoms with Crippen LogP contribution >= 0.6 is 15.9 Å². The fourth-order valence-corrected chi connectivity index (χ4v) is 4.68. The molecule has 0 heterocycles. The number of anilines is 1. The highest BCUT2D eigenvalue weighted by Gasteiger charge is 2.27. The van der Waals surface area contributed by atoms with Gasteiger partial charge in [0.1, 0.15) is 6.54 Å². The summed E-state index contributed by atoms with van der Waals surface area (Å²) in [6.45, 7) is 1.98. The maximum absolute atomic E-state index is 13.2. The topological polar surface area (TPSA) is 66.5 Å². The summed E-state index contributed by atoms with van der Waals surface area (Å²) < 4.78 is 28.3. The highest BCUT2D eigenvalue weighted by atomic mass is 79.9. The van der Waals surface area contributed by atoms with E-state index in [0.717, 1.165) is 19.9 Å². The molecule has 1 amide bonds. The molecule has 0 aliphatic rings. The van der Waals surface area contributed by atoms with Crippen LogP contribution in [0.2, 0.25) is 0 Å². The molecule has 0 radical (unpaired) electrons. The van der Waals surface area contributed by atoms with Gasteiger partial charge < -0.3 is 5.32 Å². The maximum Gasteiger partial charge on any atom is 0.264 e. The lowest BCUT2D eigenvalue weighted by Gasteiger charge is -2.24. The SMILES string of the molecule is Cc1ccccc1CNC(=O)CN(c1cccc(Br)c1)S(=O)(=O)c1ccccc1. The van der Waals surface area contributed by atoms with Crippen molar-refractivity contribution in [1.29, 1.82) is 0 Å². The summed E-state index contributed by atoms with van der Waals surface area (Å²) in [5, 5.41) is 2.82. The zero-order chi connectivity index (χ0) is 20.9. The highest BCUT2D eigenvalue weighted by Crippen LogP contribution is 2.26. The van der Waals surface area contributed by atoms with Crippen LogP contribution in [-0.4, -0.2) is 20.9 Å². The molecule has 0 aliphatic carbocycles. The van der Waals surface area contributed by atoms with E-state index in [2.05, 4.69) is 21.2 Å². The molecule has 29 heavy (non-hydrogen) atoms. The standard InChI is InChI=1S/C22H21BrN2O3S/c1-17-8-5-6-9-18(17)15-24-22(26)16-25(20-11-7-10-19(23)14-20)29(27,28)21-12-3-2-4-13-21/h2-14H,15-16H2,1H3,(H,24,26). The van der Waals surface area contributed by atoms with Crippen molar-refractivity contribution in [3.8, 4) is 0 Å². The van der Waals surface area contributed by atoms with Gasteiger partial charge in [0.25, 0.3) is 10.0 Å². The molecule has 3 aromatic carbocycles. The Hall–Kier alpha value is -2.64. The molecule has 0 spiro atoms. The molecule has 3 aromatic rings. The first-order valence-electron chi connectivity index (χ1n) is 9.02. The predicted octanol–water partition coefficient (Wildman–Crippen LogP) is 4.27. The minimum atomic E-state index is -3.91. The molecule has 3 rings (SSSR count). The van der Waals surface area contributed by atoms with Crippen LogP contribution in [0.25, 0.3) is 0 Å². The quantitative estimate of drug-likeness (QED) is 0.558. The maximum atomic E-state index is 13.2. The number of halogens is 1. The lowest BCUT2D eigenvalue weighted by Crippen LogP contribution is -2.40. The van der Waals surface area contributed by atoms with E-state index in [-0.39, 0.29) is 17.3 Å². The van der Waals surface area contributed by atoms with Crippen LogP contribution in [0.3, 0.4) is 0 Å². The number of rotatable bonds is 7. The minimum Gasteiger partial charge on any atom is -0.350 e. The zero-order valence-electron chi connectivity index (χ0n) is 15.9. The Morgan fingerprint density at radius 3 is 2.34 bits per heavy atom. The lowest BCUT2D eigenvalue weighted by atomic mass is 10.1. The number of benzene rings is 3. The van der Waals surface area contributed by atoms with E-state index >= 15 is 0 Å². The highest BCUT2D eigenvalue weighted by molar-refractivity contribution is 9.10. The molecule has 0 aromatic heterocycles. The summed E-state index contributed by atoms with van der Waals surface area (Å²) >= 11 is 3.37. The van der Waals surface area contributed by atoms with E-state index in [1.54, 1.807) is 42.5 Å². The van der Waals surface area contributed by atoms with E-state index in [9.17, 15) is 13.2 Å². The molecule has 0 fully saturated rings. The molecule has 0 saturated heterocycles. The third-order valence-electron chi connectivity index (χ3n) is 4.45. The molecule has 0 unspecified atom stereocenters. The Morgan fingerprint density at radius 2 is 1.66 bits per heavy atom. The van der Waals surface area contributed by atoms with Gasteiger partial charge in [0.15, 0.2) is 0 Å². The lowest BCUT2D eigenvalue weighted by molar-refractivity contribution is -0.119. The van der Waals surface area contributed by atoms with Crippen LogP contribution in [-0.2, 0) is 21.4 Å². The largest absolute Gasteiger partial charge is 0.350 e. The number of hydrogen-bond acceptors (Lipinski definition) is 3. The van der Waals surface area contributed by atoms with Gasteiger partial charge in [-0.2, -0.15) is 0 Å². The van der Waals surface area contributed by atoms with E-state index in [1.807, 2.05) is 31.2 Å². The van der Waals surface area contributed by atoms with Crippen LogP contribution in [0.5, 0.6) is 0 Å². The summed E-state index contributed by atoms with van der Waals surface area (Å²) in [6, 6.07) is 22.7. The molecule has 150 valence electrons. The summed E-state index contributed by atoms with van der Waals surface area (Å²) in [6.07, 6.45) is 0. The van der Waals surface area contributed by atoms with Crippen LogP contribution in [0.4, 0.5) is 5.69 Å². The Bertz CT molecular complexity index is 1100. The molecular weight excluding hydrogens is 452 g/mol. The second-order valence-corrected chi connectivity index (χ2v) is 9.29. The van der Waals surface area contributed by atoms with Crippen LogP contribution < -0.4 is 9.62 Å². The van der Waals surface area contributed by atoms with Crippen LogP contribution in [0.15, 0.2) is 88.2 Å². The van der Waals surface area contributed by atoms with Gasteiger partial charge in [-0.25, -0.2) is 8.42 Å². The Labute approximate surface area is 179 Å². The number of sulfonamides is 1. The summed E-state index contributed by atoms with van der Waals surface area (Å²) in [5.41, 5.74) is 2.46. The van der Waals surface area contributed by atoms with Gasteiger partial charge >= 0.3 is 0 Å². The minimum absolute atomic E-state index is 0.131. The average molecular weight is 473 g/mol. The number of aryl methyl sites for hydroxylation is 1. The summed E-state index contributed by atoms with van der Waals surface area (Å²) in [4.78, 5) is 12.8. The molecule has 5 nitrogen and oxygen atoms in total. The Balaban J connectivity index is 1.86. The number of carbonyl (C=O) groups is 1. The smallest absolute Gasteiger partial charge is 0.264 e. The van der Waals surface area contributed by atoms with Gasteiger partial charge in [-0.15, -0.1) is 0 Å². The number of hydrogen-bond donors (Lipinski definition) is 1. The van der Waals surface area contributed by atoms with E-state index in [4.69, 9.17) is 0 Å². The first kappa shape index (κ1) is 21.1. The molecule has 7 heteroatoms. The molecule has 0 aliphatic heterocycles. The first-order chi connectivity index (χ1) is 13.9. The number of amides is 1. The average Bonchev–Trinajstić information content (AvgIpc) is 2.72. The van der Waals surface area contributed by atoms with Gasteiger partial charge in [-0.05, 0) is 48.4 Å². The first-order valence-corrected chi connectivity index (χ1v) is 11.3. The van der Waals surface area contributed by atoms with Crippen molar-refractivity contribution in [2.75, 3.05) is 10.8 Å². The molecule has 1 N–H and O–H groups in total. The van der Waals surface area contributed by atoms with Gasteiger partial charge in [-0.1, -0.05) is 64.5 Å². The van der Waals surface area contributed by atoms with Crippen molar-refractivity contribution in [3.05, 3.63) is 94.5 Å². The number of nitrogens with zero attached hydrogens (tertiary/aromatic N) is 1. The van der Waals surface area contributed by atoms with Crippen molar-refractivity contribution in [2.24, 2.45) is 0 Å². The summed E-state index contributed by atoms with van der Waals surface area (Å²) in [5.74, 6) is -0.382. The second kappa shape index (κ2) is 9.24. The van der Waals surface area contributed by atoms with Crippen molar-refractivity contribution in [3.63, 3.8) is 0 Å².